The summed E-state index contributed by atoms with van der Waals surface area (Å²) in [5.74, 6) is 1.45. The molecule has 0 saturated heterocycles. The molecule has 2 aromatic carbocycles. The van der Waals surface area contributed by atoms with Crippen molar-refractivity contribution in [2.45, 2.75) is 104 Å². The van der Waals surface area contributed by atoms with Crippen LogP contribution < -0.4 is 9.47 Å². The molecule has 210 valence electrons. The van der Waals surface area contributed by atoms with Crippen LogP contribution in [0.1, 0.15) is 107 Å². The zero-order valence-electron chi connectivity index (χ0n) is 23.8. The summed E-state index contributed by atoms with van der Waals surface area (Å²) in [6.07, 6.45) is 18.5. The number of aromatic nitrogens is 2. The van der Waals surface area contributed by atoms with Crippen LogP contribution in [0.25, 0.3) is 11.4 Å². The van der Waals surface area contributed by atoms with E-state index >= 15 is 0 Å². The number of ether oxygens (including phenoxy) is 2. The number of unbranched alkanes of at least 4 members (excludes halogenated alkanes) is 8. The predicted octanol–water partition coefficient (Wildman–Crippen LogP) is 9.77. The Balaban J connectivity index is 1.49. The molecule has 6 heteroatoms. The molecule has 0 aliphatic heterocycles. The summed E-state index contributed by atoms with van der Waals surface area (Å²) < 4.78 is 12.4. The number of carbonyl (C=O) groups is 1. The minimum Gasteiger partial charge on any atom is -0.490 e. The lowest BCUT2D eigenvalue weighted by Crippen LogP contribution is -2.13. The molecule has 1 aromatic heterocycles. The van der Waals surface area contributed by atoms with Gasteiger partial charge in [0, 0.05) is 18.0 Å². The Bertz CT molecular complexity index is 1130. The second-order valence-electron chi connectivity index (χ2n) is 10.3. The minimum atomic E-state index is -0.419. The molecule has 0 fully saturated rings. The van der Waals surface area contributed by atoms with Gasteiger partial charge in [0.25, 0.3) is 0 Å². The summed E-state index contributed by atoms with van der Waals surface area (Å²) >= 11 is 3.54. The van der Waals surface area contributed by atoms with Gasteiger partial charge < -0.3 is 9.47 Å². The Morgan fingerprint density at radius 3 is 2.15 bits per heavy atom. The first-order chi connectivity index (χ1) is 19.0. The fraction of sp³-hybridized carbons (Fsp3) is 0.485. The molecule has 1 heterocycles. The first-order valence-electron chi connectivity index (χ1n) is 14.6. The van der Waals surface area contributed by atoms with Crippen molar-refractivity contribution in [1.29, 1.82) is 0 Å². The summed E-state index contributed by atoms with van der Waals surface area (Å²) in [5.41, 5.74) is 2.51. The summed E-state index contributed by atoms with van der Waals surface area (Å²) in [6, 6.07) is 12.6. The number of halogens is 1. The number of hydrogen-bond donors (Lipinski definition) is 0. The fourth-order valence-corrected chi connectivity index (χ4v) is 4.91. The maximum atomic E-state index is 12.7. The SMILES string of the molecule is CCCCCCCCc1cnc(-c2ccc(OC(=O)c3ccc(OC(C)CCCCCC)c(Br)c3)cc2)nc1. The fourth-order valence-electron chi connectivity index (χ4n) is 4.44. The molecule has 0 spiro atoms. The van der Waals surface area contributed by atoms with Gasteiger partial charge in [0.15, 0.2) is 5.82 Å². The number of aryl methyl sites for hydroxylation is 1. The highest BCUT2D eigenvalue weighted by Gasteiger charge is 2.14. The Kier molecular flexibility index (Phi) is 13.5. The average Bonchev–Trinajstić information content (AvgIpc) is 2.95. The molecule has 0 radical (unpaired) electrons. The highest BCUT2D eigenvalue weighted by Crippen LogP contribution is 2.29. The zero-order chi connectivity index (χ0) is 27.9. The van der Waals surface area contributed by atoms with Gasteiger partial charge in [0.1, 0.15) is 11.5 Å². The van der Waals surface area contributed by atoms with E-state index in [9.17, 15) is 4.79 Å². The maximum Gasteiger partial charge on any atom is 0.343 e. The molecule has 3 aromatic rings. The smallest absolute Gasteiger partial charge is 0.343 e. The third kappa shape index (κ3) is 10.7. The highest BCUT2D eigenvalue weighted by molar-refractivity contribution is 9.10. The van der Waals surface area contributed by atoms with Gasteiger partial charge in [-0.2, -0.15) is 0 Å². The van der Waals surface area contributed by atoms with Gasteiger partial charge in [-0.1, -0.05) is 65.2 Å². The molecular formula is C33H43BrN2O3. The van der Waals surface area contributed by atoms with E-state index in [1.54, 1.807) is 24.3 Å². The van der Waals surface area contributed by atoms with Crippen LogP contribution in [-0.4, -0.2) is 22.0 Å². The van der Waals surface area contributed by atoms with E-state index in [1.165, 1.54) is 63.4 Å². The van der Waals surface area contributed by atoms with Crippen LogP contribution >= 0.6 is 15.9 Å². The van der Waals surface area contributed by atoms with E-state index in [2.05, 4.69) is 46.7 Å². The van der Waals surface area contributed by atoms with E-state index in [0.717, 1.165) is 35.0 Å². The van der Waals surface area contributed by atoms with Crippen molar-refractivity contribution in [2.24, 2.45) is 0 Å². The first kappa shape index (κ1) is 30.8. The van der Waals surface area contributed by atoms with Crippen LogP contribution in [0.15, 0.2) is 59.3 Å². The van der Waals surface area contributed by atoms with E-state index < -0.39 is 5.97 Å². The van der Waals surface area contributed by atoms with Crippen LogP contribution in [0.5, 0.6) is 11.5 Å². The first-order valence-corrected chi connectivity index (χ1v) is 15.4. The average molecular weight is 596 g/mol. The molecule has 5 nitrogen and oxygen atoms in total. The summed E-state index contributed by atoms with van der Waals surface area (Å²) in [7, 11) is 0. The number of rotatable bonds is 17. The van der Waals surface area contributed by atoms with Crippen molar-refractivity contribution in [1.82, 2.24) is 9.97 Å². The molecule has 0 bridgehead atoms. The van der Waals surface area contributed by atoms with Crippen molar-refractivity contribution in [3.63, 3.8) is 0 Å². The topological polar surface area (TPSA) is 61.3 Å². The lowest BCUT2D eigenvalue weighted by molar-refractivity contribution is 0.0734. The van der Waals surface area contributed by atoms with E-state index in [-0.39, 0.29) is 6.10 Å². The van der Waals surface area contributed by atoms with Gasteiger partial charge in [-0.15, -0.1) is 0 Å². The molecule has 0 saturated carbocycles. The monoisotopic (exact) mass is 594 g/mol. The molecule has 0 aliphatic carbocycles. The molecule has 3 rings (SSSR count). The molecule has 1 unspecified atom stereocenters. The number of esters is 1. The van der Waals surface area contributed by atoms with Crippen LogP contribution in [0.3, 0.4) is 0 Å². The Morgan fingerprint density at radius 1 is 0.846 bits per heavy atom. The van der Waals surface area contributed by atoms with Crippen LogP contribution in [0.2, 0.25) is 0 Å². The molecule has 0 N–H and O–H groups in total. The van der Waals surface area contributed by atoms with Gasteiger partial charge in [-0.3, -0.25) is 0 Å². The van der Waals surface area contributed by atoms with Crippen molar-refractivity contribution in [3.8, 4) is 22.9 Å². The third-order valence-corrected chi connectivity index (χ3v) is 7.43. The Morgan fingerprint density at radius 2 is 1.49 bits per heavy atom. The standard InChI is InChI=1S/C33H43BrN2O3/c1-4-6-8-10-11-13-15-26-23-35-32(36-24-26)27-16-19-29(20-17-27)39-33(37)28-18-21-31(30(34)22-28)38-25(3)14-12-9-7-5-2/h16-25H,4-15H2,1-3H3. The van der Waals surface area contributed by atoms with Crippen molar-refractivity contribution < 1.29 is 14.3 Å². The quantitative estimate of drug-likeness (QED) is 0.0883. The van der Waals surface area contributed by atoms with Gasteiger partial charge in [0.05, 0.1) is 16.1 Å². The molecule has 39 heavy (non-hydrogen) atoms. The van der Waals surface area contributed by atoms with Crippen molar-refractivity contribution in [3.05, 3.63) is 70.5 Å². The second kappa shape index (κ2) is 17.1. The largest absolute Gasteiger partial charge is 0.490 e. The van der Waals surface area contributed by atoms with E-state index in [1.807, 2.05) is 30.6 Å². The Labute approximate surface area is 242 Å². The van der Waals surface area contributed by atoms with Gasteiger partial charge in [-0.05, 0) is 96.6 Å². The van der Waals surface area contributed by atoms with Crippen LogP contribution in [0.4, 0.5) is 0 Å². The summed E-state index contributed by atoms with van der Waals surface area (Å²) in [4.78, 5) is 21.8. The summed E-state index contributed by atoms with van der Waals surface area (Å²) in [5, 5.41) is 0. The number of benzene rings is 2. The lowest BCUT2D eigenvalue weighted by Gasteiger charge is -2.16. The van der Waals surface area contributed by atoms with Crippen molar-refractivity contribution in [2.75, 3.05) is 0 Å². The van der Waals surface area contributed by atoms with E-state index in [4.69, 9.17) is 9.47 Å². The summed E-state index contributed by atoms with van der Waals surface area (Å²) in [6.45, 7) is 6.54. The Hall–Kier alpha value is -2.73. The van der Waals surface area contributed by atoms with Crippen LogP contribution in [-0.2, 0) is 6.42 Å². The molecular weight excluding hydrogens is 552 g/mol. The molecule has 0 amide bonds. The minimum absolute atomic E-state index is 0.120. The van der Waals surface area contributed by atoms with Gasteiger partial charge >= 0.3 is 5.97 Å². The van der Waals surface area contributed by atoms with Gasteiger partial charge in [0.2, 0.25) is 0 Å². The number of nitrogens with zero attached hydrogens (tertiary/aromatic N) is 2. The molecule has 0 aliphatic rings. The van der Waals surface area contributed by atoms with Crippen LogP contribution in [0, 0.1) is 0 Å². The lowest BCUT2D eigenvalue weighted by atomic mass is 10.1. The van der Waals surface area contributed by atoms with Crippen molar-refractivity contribution >= 4 is 21.9 Å². The maximum absolute atomic E-state index is 12.7. The van der Waals surface area contributed by atoms with Gasteiger partial charge in [-0.25, -0.2) is 14.8 Å². The highest BCUT2D eigenvalue weighted by atomic mass is 79.9. The van der Waals surface area contributed by atoms with E-state index in [0.29, 0.717) is 17.1 Å². The normalized spacial score (nSPS) is 11.8. The third-order valence-electron chi connectivity index (χ3n) is 6.81. The molecule has 1 atom stereocenters. The zero-order valence-corrected chi connectivity index (χ0v) is 25.3. The number of carbonyl (C=O) groups excluding carboxylic acids is 1. The number of hydrogen-bond acceptors (Lipinski definition) is 5. The second-order valence-corrected chi connectivity index (χ2v) is 11.1. The predicted molar refractivity (Wildman–Crippen MR) is 162 cm³/mol.